The second kappa shape index (κ2) is 4.65. The van der Waals surface area contributed by atoms with Crippen LogP contribution in [0.3, 0.4) is 0 Å². The lowest BCUT2D eigenvalue weighted by atomic mass is 10.1. The number of nitrogens with two attached hydrogens (primary N) is 1. The summed E-state index contributed by atoms with van der Waals surface area (Å²) in [5.41, 5.74) is 7.53. The molecular weight excluding hydrogens is 176 g/mol. The highest BCUT2D eigenvalue weighted by Crippen LogP contribution is 2.06. The van der Waals surface area contributed by atoms with Crippen LogP contribution in [-0.2, 0) is 13.0 Å². The maximum absolute atomic E-state index is 10.8. The smallest absolute Gasteiger partial charge is 0.314 e. The zero-order chi connectivity index (χ0) is 10.6. The number of benzene rings is 1. The van der Waals surface area contributed by atoms with Gasteiger partial charge in [0.2, 0.25) is 0 Å². The lowest BCUT2D eigenvalue weighted by molar-refractivity contribution is 0.216. The summed E-state index contributed by atoms with van der Waals surface area (Å²) in [6, 6.07) is 7.80. The largest absolute Gasteiger partial charge is 0.351 e. The van der Waals surface area contributed by atoms with Crippen LogP contribution in [0.25, 0.3) is 0 Å². The van der Waals surface area contributed by atoms with Gasteiger partial charge in [-0.05, 0) is 17.5 Å². The van der Waals surface area contributed by atoms with Gasteiger partial charge in [-0.25, -0.2) is 4.79 Å². The fourth-order valence-electron chi connectivity index (χ4n) is 1.23. The van der Waals surface area contributed by atoms with Gasteiger partial charge in [-0.15, -0.1) is 0 Å². The molecule has 0 spiro atoms. The average molecular weight is 192 g/mol. The van der Waals surface area contributed by atoms with Crippen LogP contribution < -0.4 is 5.73 Å². The van der Waals surface area contributed by atoms with Gasteiger partial charge in [0.15, 0.2) is 0 Å². The number of carbonyl (C=O) groups is 1. The molecule has 2 N–H and O–H groups in total. The predicted molar refractivity (Wildman–Crippen MR) is 56.9 cm³/mol. The van der Waals surface area contributed by atoms with Crippen molar-refractivity contribution in [2.24, 2.45) is 5.73 Å². The molecule has 3 heteroatoms. The van der Waals surface area contributed by atoms with Crippen LogP contribution in [0.2, 0.25) is 0 Å². The van der Waals surface area contributed by atoms with Gasteiger partial charge < -0.3 is 10.6 Å². The Hall–Kier alpha value is -1.51. The fourth-order valence-corrected chi connectivity index (χ4v) is 1.23. The van der Waals surface area contributed by atoms with E-state index in [-0.39, 0.29) is 0 Å². The number of aryl methyl sites for hydroxylation is 1. The normalized spacial score (nSPS) is 9.86. The Morgan fingerprint density at radius 2 is 1.79 bits per heavy atom. The number of amides is 2. The highest BCUT2D eigenvalue weighted by molar-refractivity contribution is 5.71. The molecule has 2 amide bonds. The van der Waals surface area contributed by atoms with Crippen molar-refractivity contribution in [1.29, 1.82) is 0 Å². The molecule has 0 fully saturated rings. The van der Waals surface area contributed by atoms with Crippen molar-refractivity contribution < 1.29 is 4.79 Å². The topological polar surface area (TPSA) is 46.3 Å². The maximum atomic E-state index is 10.8. The molecule has 1 aromatic rings. The first-order valence-electron chi connectivity index (χ1n) is 4.72. The van der Waals surface area contributed by atoms with Gasteiger partial charge in [-0.1, -0.05) is 31.2 Å². The summed E-state index contributed by atoms with van der Waals surface area (Å²) in [7, 11) is 1.69. The SMILES string of the molecule is CCc1ccc(CN(C)C(N)=O)cc1. The molecule has 1 aromatic carbocycles. The summed E-state index contributed by atoms with van der Waals surface area (Å²) in [5, 5.41) is 0. The maximum Gasteiger partial charge on any atom is 0.314 e. The summed E-state index contributed by atoms with van der Waals surface area (Å²) in [6.07, 6.45) is 1.03. The van der Waals surface area contributed by atoms with E-state index in [0.29, 0.717) is 6.54 Å². The molecule has 0 heterocycles. The van der Waals surface area contributed by atoms with Crippen molar-refractivity contribution in [3.05, 3.63) is 35.4 Å². The first kappa shape index (κ1) is 10.6. The van der Waals surface area contributed by atoms with Gasteiger partial charge in [0.25, 0.3) is 0 Å². The van der Waals surface area contributed by atoms with Crippen molar-refractivity contribution in [3.63, 3.8) is 0 Å². The first-order valence-corrected chi connectivity index (χ1v) is 4.72. The number of hydrogen-bond donors (Lipinski definition) is 1. The third kappa shape index (κ3) is 2.76. The number of urea groups is 1. The van der Waals surface area contributed by atoms with Crippen molar-refractivity contribution in [3.8, 4) is 0 Å². The van der Waals surface area contributed by atoms with Gasteiger partial charge in [0.05, 0.1) is 0 Å². The van der Waals surface area contributed by atoms with Crippen LogP contribution in [0.5, 0.6) is 0 Å². The van der Waals surface area contributed by atoms with E-state index in [1.54, 1.807) is 7.05 Å². The van der Waals surface area contributed by atoms with Crippen LogP contribution in [0, 0.1) is 0 Å². The Morgan fingerprint density at radius 3 is 2.21 bits per heavy atom. The second-order valence-electron chi connectivity index (χ2n) is 3.36. The average Bonchev–Trinajstić information content (AvgIpc) is 2.19. The van der Waals surface area contributed by atoms with Crippen LogP contribution in [0.1, 0.15) is 18.1 Å². The Balaban J connectivity index is 2.64. The minimum Gasteiger partial charge on any atom is -0.351 e. The minimum absolute atomic E-state index is 0.399. The lowest BCUT2D eigenvalue weighted by Crippen LogP contribution is -2.31. The van der Waals surface area contributed by atoms with Gasteiger partial charge in [0, 0.05) is 13.6 Å². The van der Waals surface area contributed by atoms with E-state index in [9.17, 15) is 4.79 Å². The second-order valence-corrected chi connectivity index (χ2v) is 3.36. The summed E-state index contributed by atoms with van der Waals surface area (Å²) in [5.74, 6) is 0. The van der Waals surface area contributed by atoms with Crippen LogP contribution in [0.15, 0.2) is 24.3 Å². The first-order chi connectivity index (χ1) is 6.63. The Kier molecular flexibility index (Phi) is 3.51. The Morgan fingerprint density at radius 1 is 1.29 bits per heavy atom. The highest BCUT2D eigenvalue weighted by atomic mass is 16.2. The molecule has 0 saturated carbocycles. The number of carbonyl (C=O) groups excluding carboxylic acids is 1. The highest BCUT2D eigenvalue weighted by Gasteiger charge is 2.03. The van der Waals surface area contributed by atoms with E-state index >= 15 is 0 Å². The molecule has 1 rings (SSSR count). The van der Waals surface area contributed by atoms with E-state index in [4.69, 9.17) is 5.73 Å². The quantitative estimate of drug-likeness (QED) is 0.779. The molecule has 0 bridgehead atoms. The molecule has 0 saturated heterocycles. The Bertz CT molecular complexity index is 306. The van der Waals surface area contributed by atoms with E-state index in [2.05, 4.69) is 19.1 Å². The number of primary amides is 1. The molecule has 0 aliphatic rings. The summed E-state index contributed by atoms with van der Waals surface area (Å²) < 4.78 is 0. The molecule has 0 unspecified atom stereocenters. The van der Waals surface area contributed by atoms with Crippen LogP contribution >= 0.6 is 0 Å². The van der Waals surface area contributed by atoms with Crippen LogP contribution in [0.4, 0.5) is 4.79 Å². The molecule has 0 atom stereocenters. The number of hydrogen-bond acceptors (Lipinski definition) is 1. The number of nitrogens with zero attached hydrogens (tertiary/aromatic N) is 1. The monoisotopic (exact) mass is 192 g/mol. The molecule has 14 heavy (non-hydrogen) atoms. The van der Waals surface area contributed by atoms with E-state index in [1.807, 2.05) is 12.1 Å². The third-order valence-electron chi connectivity index (χ3n) is 2.23. The van der Waals surface area contributed by atoms with Gasteiger partial charge in [-0.2, -0.15) is 0 Å². The molecule has 0 aliphatic carbocycles. The summed E-state index contributed by atoms with van der Waals surface area (Å²) in [4.78, 5) is 12.3. The minimum atomic E-state index is -0.399. The van der Waals surface area contributed by atoms with Crippen molar-refractivity contribution in [1.82, 2.24) is 4.90 Å². The number of rotatable bonds is 3. The fraction of sp³-hybridized carbons (Fsp3) is 0.364. The standard InChI is InChI=1S/C11H16N2O/c1-3-9-4-6-10(7-5-9)8-13(2)11(12)14/h4-7H,3,8H2,1-2H3,(H2,12,14). The van der Waals surface area contributed by atoms with Crippen molar-refractivity contribution >= 4 is 6.03 Å². The Labute approximate surface area is 84.5 Å². The zero-order valence-electron chi connectivity index (χ0n) is 8.66. The van der Waals surface area contributed by atoms with Gasteiger partial charge >= 0.3 is 6.03 Å². The summed E-state index contributed by atoms with van der Waals surface area (Å²) >= 11 is 0. The van der Waals surface area contributed by atoms with Gasteiger partial charge in [-0.3, -0.25) is 0 Å². The summed E-state index contributed by atoms with van der Waals surface area (Å²) in [6.45, 7) is 2.68. The van der Waals surface area contributed by atoms with Gasteiger partial charge in [0.1, 0.15) is 0 Å². The molecule has 0 aromatic heterocycles. The van der Waals surface area contributed by atoms with Crippen molar-refractivity contribution in [2.75, 3.05) is 7.05 Å². The van der Waals surface area contributed by atoms with Crippen LogP contribution in [-0.4, -0.2) is 18.0 Å². The molecule has 3 nitrogen and oxygen atoms in total. The van der Waals surface area contributed by atoms with E-state index in [1.165, 1.54) is 10.5 Å². The van der Waals surface area contributed by atoms with E-state index in [0.717, 1.165) is 12.0 Å². The third-order valence-corrected chi connectivity index (χ3v) is 2.23. The lowest BCUT2D eigenvalue weighted by Gasteiger charge is -2.14. The molecule has 0 aliphatic heterocycles. The predicted octanol–water partition coefficient (Wildman–Crippen LogP) is 1.76. The van der Waals surface area contributed by atoms with Crippen molar-refractivity contribution in [2.45, 2.75) is 19.9 Å². The van der Waals surface area contributed by atoms with E-state index < -0.39 is 6.03 Å². The molecular formula is C11H16N2O. The molecule has 76 valence electrons. The zero-order valence-corrected chi connectivity index (χ0v) is 8.66. The molecule has 0 radical (unpaired) electrons.